The zero-order chi connectivity index (χ0) is 15.1. The first-order valence-electron chi connectivity index (χ1n) is 7.99. The molecule has 1 aromatic rings. The van der Waals surface area contributed by atoms with E-state index in [-0.39, 0.29) is 5.97 Å². The van der Waals surface area contributed by atoms with Gasteiger partial charge in [0.2, 0.25) is 0 Å². The molecule has 3 nitrogen and oxygen atoms in total. The predicted molar refractivity (Wildman–Crippen MR) is 84.9 cm³/mol. The number of hydrogen-bond acceptors (Lipinski definition) is 3. The number of carbonyl (C=O) groups is 1. The number of rotatable bonds is 1. The monoisotopic (exact) mass is 309 g/mol. The first-order valence-corrected chi connectivity index (χ1v) is 8.37. The van der Waals surface area contributed by atoms with Gasteiger partial charge in [0.25, 0.3) is 0 Å². The fourth-order valence-corrected chi connectivity index (χ4v) is 3.14. The maximum atomic E-state index is 12.0. The van der Waals surface area contributed by atoms with Crippen LogP contribution >= 0.6 is 11.6 Å². The van der Waals surface area contributed by atoms with Gasteiger partial charge in [0, 0.05) is 0 Å². The van der Waals surface area contributed by atoms with E-state index in [0.717, 1.165) is 36.9 Å². The highest BCUT2D eigenvalue weighted by Gasteiger charge is 2.17. The summed E-state index contributed by atoms with van der Waals surface area (Å²) in [6, 6.07) is 1.89. The van der Waals surface area contributed by atoms with E-state index in [1.807, 2.05) is 6.07 Å². The Hall–Kier alpha value is -1.09. The summed E-state index contributed by atoms with van der Waals surface area (Å²) in [4.78, 5) is 16.4. The molecule has 1 aliphatic heterocycles. The summed E-state index contributed by atoms with van der Waals surface area (Å²) in [6.45, 7) is 0. The van der Waals surface area contributed by atoms with E-state index in [1.165, 1.54) is 45.6 Å². The number of carbonyl (C=O) groups excluding carboxylic acids is 1. The third-order valence-corrected chi connectivity index (χ3v) is 4.47. The van der Waals surface area contributed by atoms with E-state index in [2.05, 4.69) is 4.98 Å². The van der Waals surface area contributed by atoms with Crippen LogP contribution in [0.5, 0.6) is 0 Å². The number of aromatic nitrogens is 1. The van der Waals surface area contributed by atoms with Crippen LogP contribution in [0.1, 0.15) is 73.0 Å². The van der Waals surface area contributed by atoms with Gasteiger partial charge in [-0.2, -0.15) is 0 Å². The zero-order valence-electron chi connectivity index (χ0n) is 12.8. The van der Waals surface area contributed by atoms with Crippen molar-refractivity contribution in [3.8, 4) is 0 Å². The molecule has 0 N–H and O–H groups in total. The van der Waals surface area contributed by atoms with Gasteiger partial charge in [-0.1, -0.05) is 50.1 Å². The Morgan fingerprint density at radius 1 is 1.05 bits per heavy atom. The first kappa shape index (κ1) is 16.3. The predicted octanol–water partition coefficient (Wildman–Crippen LogP) is 4.74. The van der Waals surface area contributed by atoms with Crippen molar-refractivity contribution in [3.05, 3.63) is 28.0 Å². The summed E-state index contributed by atoms with van der Waals surface area (Å²) < 4.78 is 4.89. The Kier molecular flexibility index (Phi) is 6.50. The topological polar surface area (TPSA) is 39.2 Å². The highest BCUT2D eigenvalue weighted by atomic mass is 35.5. The number of pyridine rings is 1. The van der Waals surface area contributed by atoms with Gasteiger partial charge in [0.05, 0.1) is 18.4 Å². The number of hydrogen-bond donors (Lipinski definition) is 0. The molecule has 0 spiro atoms. The Morgan fingerprint density at radius 2 is 1.62 bits per heavy atom. The highest BCUT2D eigenvalue weighted by Crippen LogP contribution is 2.23. The molecule has 0 amide bonds. The van der Waals surface area contributed by atoms with Crippen molar-refractivity contribution in [2.75, 3.05) is 7.11 Å². The zero-order valence-corrected chi connectivity index (χ0v) is 13.5. The lowest BCUT2D eigenvalue weighted by molar-refractivity contribution is 0.0598. The molecule has 2 bridgehead atoms. The molecule has 4 heteroatoms. The van der Waals surface area contributed by atoms with Crippen LogP contribution < -0.4 is 0 Å². The summed E-state index contributed by atoms with van der Waals surface area (Å²) in [5.41, 5.74) is 2.35. The lowest BCUT2D eigenvalue weighted by Gasteiger charge is -2.12. The molecular weight excluding hydrogens is 286 g/mol. The number of nitrogens with zero attached hydrogens (tertiary/aromatic N) is 1. The average Bonchev–Trinajstić information content (AvgIpc) is 2.49. The summed E-state index contributed by atoms with van der Waals surface area (Å²) >= 11 is 6.29. The molecule has 116 valence electrons. The molecule has 0 unspecified atom stereocenters. The molecule has 0 fully saturated rings. The van der Waals surface area contributed by atoms with Crippen LogP contribution in [0.25, 0.3) is 0 Å². The van der Waals surface area contributed by atoms with Crippen LogP contribution in [0.2, 0.25) is 5.15 Å². The highest BCUT2D eigenvalue weighted by molar-refractivity contribution is 6.30. The normalized spacial score (nSPS) is 17.2. The van der Waals surface area contributed by atoms with Gasteiger partial charge in [-0.3, -0.25) is 0 Å². The molecule has 0 aromatic carbocycles. The SMILES string of the molecule is COC(=O)c1cc2c(Cl)nc1CCCCCCCCCC2. The van der Waals surface area contributed by atoms with E-state index < -0.39 is 0 Å². The number of halogens is 1. The third kappa shape index (κ3) is 4.70. The lowest BCUT2D eigenvalue weighted by atomic mass is 9.99. The smallest absolute Gasteiger partial charge is 0.339 e. The number of methoxy groups -OCH3 is 1. The summed E-state index contributed by atoms with van der Waals surface area (Å²) in [6.07, 6.45) is 11.4. The fourth-order valence-electron chi connectivity index (χ4n) is 2.89. The second kappa shape index (κ2) is 8.38. The number of aryl methyl sites for hydroxylation is 2. The van der Waals surface area contributed by atoms with Crippen LogP contribution in [0.15, 0.2) is 6.07 Å². The average molecular weight is 310 g/mol. The lowest BCUT2D eigenvalue weighted by Crippen LogP contribution is -2.10. The quantitative estimate of drug-likeness (QED) is 0.555. The van der Waals surface area contributed by atoms with Crippen molar-refractivity contribution in [1.29, 1.82) is 0 Å². The van der Waals surface area contributed by atoms with Crippen molar-refractivity contribution in [1.82, 2.24) is 4.98 Å². The molecule has 0 atom stereocenters. The van der Waals surface area contributed by atoms with Crippen LogP contribution in [0.4, 0.5) is 0 Å². The molecule has 0 radical (unpaired) electrons. The number of fused-ring (bicyclic) bond motifs is 11. The van der Waals surface area contributed by atoms with Gasteiger partial charge in [-0.05, 0) is 37.3 Å². The Morgan fingerprint density at radius 3 is 2.24 bits per heavy atom. The maximum Gasteiger partial charge on any atom is 0.339 e. The van der Waals surface area contributed by atoms with Crippen molar-refractivity contribution >= 4 is 17.6 Å². The van der Waals surface area contributed by atoms with Gasteiger partial charge in [-0.15, -0.1) is 0 Å². The van der Waals surface area contributed by atoms with E-state index in [1.54, 1.807) is 0 Å². The van der Waals surface area contributed by atoms with Gasteiger partial charge in [-0.25, -0.2) is 9.78 Å². The minimum Gasteiger partial charge on any atom is -0.465 e. The molecule has 21 heavy (non-hydrogen) atoms. The van der Waals surface area contributed by atoms with E-state index in [0.29, 0.717) is 10.7 Å². The fraction of sp³-hybridized carbons (Fsp3) is 0.647. The number of ether oxygens (including phenoxy) is 1. The second-order valence-corrected chi connectivity index (χ2v) is 6.11. The van der Waals surface area contributed by atoms with E-state index >= 15 is 0 Å². The van der Waals surface area contributed by atoms with E-state index in [9.17, 15) is 4.79 Å². The second-order valence-electron chi connectivity index (χ2n) is 5.75. The summed E-state index contributed by atoms with van der Waals surface area (Å²) in [5.74, 6) is -0.303. The molecule has 2 heterocycles. The molecular formula is C17H24ClNO2. The van der Waals surface area contributed by atoms with E-state index in [4.69, 9.17) is 16.3 Å². The molecule has 1 aromatic heterocycles. The summed E-state index contributed by atoms with van der Waals surface area (Å²) in [5, 5.41) is 0.551. The van der Waals surface area contributed by atoms with Crippen molar-refractivity contribution in [3.63, 3.8) is 0 Å². The molecule has 3 rings (SSSR count). The van der Waals surface area contributed by atoms with Gasteiger partial charge >= 0.3 is 5.97 Å². The van der Waals surface area contributed by atoms with Gasteiger partial charge in [0.1, 0.15) is 5.15 Å². The van der Waals surface area contributed by atoms with Crippen molar-refractivity contribution in [2.45, 2.75) is 64.2 Å². The van der Waals surface area contributed by atoms with Gasteiger partial charge < -0.3 is 4.74 Å². The minimum absolute atomic E-state index is 0.303. The molecule has 0 saturated heterocycles. The summed E-state index contributed by atoms with van der Waals surface area (Å²) in [7, 11) is 1.42. The molecule has 0 saturated carbocycles. The number of esters is 1. The largest absolute Gasteiger partial charge is 0.465 e. The Bertz CT molecular complexity index is 488. The van der Waals surface area contributed by atoms with Crippen molar-refractivity contribution < 1.29 is 9.53 Å². The van der Waals surface area contributed by atoms with Crippen LogP contribution in [-0.4, -0.2) is 18.1 Å². The first-order chi connectivity index (χ1) is 10.2. The maximum absolute atomic E-state index is 12.0. The Balaban J connectivity index is 2.26. The van der Waals surface area contributed by atoms with Crippen LogP contribution in [-0.2, 0) is 17.6 Å². The van der Waals surface area contributed by atoms with Crippen LogP contribution in [0.3, 0.4) is 0 Å². The Labute approximate surface area is 132 Å². The third-order valence-electron chi connectivity index (χ3n) is 4.14. The van der Waals surface area contributed by atoms with Gasteiger partial charge in [0.15, 0.2) is 0 Å². The van der Waals surface area contributed by atoms with Crippen molar-refractivity contribution in [2.24, 2.45) is 0 Å². The standard InChI is InChI=1S/C17H24ClNO2/c1-21-17(20)14-12-13-10-8-6-4-2-3-5-7-9-11-15(14)19-16(13)18/h12H,2-11H2,1H3. The van der Waals surface area contributed by atoms with Crippen LogP contribution in [0, 0.1) is 0 Å². The molecule has 2 aliphatic rings. The molecule has 1 aliphatic carbocycles. The minimum atomic E-state index is -0.303.